The van der Waals surface area contributed by atoms with Crippen molar-refractivity contribution in [2.75, 3.05) is 34.2 Å². The Morgan fingerprint density at radius 1 is 0.889 bits per heavy atom. The number of hydrogen-bond donors (Lipinski definition) is 0. The summed E-state index contributed by atoms with van der Waals surface area (Å²) in [5.41, 5.74) is 5.12. The Kier molecular flexibility index (Phi) is 5.13. The topological polar surface area (TPSA) is 58.6 Å². The average Bonchev–Trinajstić information content (AvgIpc) is 3.38. The summed E-state index contributed by atoms with van der Waals surface area (Å²) in [7, 11) is 3.41. The van der Waals surface area contributed by atoms with Gasteiger partial charge in [-0.1, -0.05) is 18.2 Å². The zero-order chi connectivity index (χ0) is 24.2. The quantitative estimate of drug-likeness (QED) is 0.521. The van der Waals surface area contributed by atoms with Crippen LogP contribution in [0.1, 0.15) is 40.6 Å². The van der Waals surface area contributed by atoms with Crippen molar-refractivity contribution in [1.82, 2.24) is 4.90 Å². The predicted octanol–water partition coefficient (Wildman–Crippen LogP) is 4.86. The van der Waals surface area contributed by atoms with Crippen molar-refractivity contribution in [3.63, 3.8) is 0 Å². The maximum Gasteiger partial charge on any atom is 0.231 e. The molecule has 0 bridgehead atoms. The van der Waals surface area contributed by atoms with E-state index in [2.05, 4.69) is 23.1 Å². The molecule has 0 N–H and O–H groups in total. The second-order valence-electron chi connectivity index (χ2n) is 9.78. The first-order valence-electron chi connectivity index (χ1n) is 12.5. The molecule has 4 aliphatic rings. The lowest BCUT2D eigenvalue weighted by molar-refractivity contribution is 0.0555. The molecule has 0 saturated heterocycles. The number of benzene rings is 3. The van der Waals surface area contributed by atoms with Gasteiger partial charge in [-0.3, -0.25) is 4.90 Å². The Labute approximate surface area is 210 Å². The van der Waals surface area contributed by atoms with Crippen LogP contribution in [0.5, 0.6) is 34.5 Å². The van der Waals surface area contributed by atoms with E-state index in [9.17, 15) is 0 Å². The summed E-state index contributed by atoms with van der Waals surface area (Å²) in [5, 5.41) is 0. The van der Waals surface area contributed by atoms with Gasteiger partial charge in [-0.05, 0) is 59.9 Å². The van der Waals surface area contributed by atoms with Gasteiger partial charge in [0.05, 0.1) is 14.2 Å². The predicted molar refractivity (Wildman–Crippen MR) is 133 cm³/mol. The minimum absolute atomic E-state index is 0.0646. The summed E-state index contributed by atoms with van der Waals surface area (Å²) in [6, 6.07) is 16.7. The molecule has 0 fully saturated rings. The smallest absolute Gasteiger partial charge is 0.231 e. The highest BCUT2D eigenvalue weighted by Crippen LogP contribution is 2.53. The first-order chi connectivity index (χ1) is 17.7. The summed E-state index contributed by atoms with van der Waals surface area (Å²) in [6.45, 7) is 2.56. The van der Waals surface area contributed by atoms with Crippen molar-refractivity contribution in [3.8, 4) is 34.5 Å². The molecule has 0 radical (unpaired) electrons. The number of hydrogen-bond acceptors (Lipinski definition) is 7. The van der Waals surface area contributed by atoms with Gasteiger partial charge in [0.2, 0.25) is 6.79 Å². The van der Waals surface area contributed by atoms with Crippen LogP contribution in [0.25, 0.3) is 0 Å². The van der Waals surface area contributed by atoms with E-state index in [0.29, 0.717) is 6.61 Å². The van der Waals surface area contributed by atoms with Crippen LogP contribution in [-0.2, 0) is 13.0 Å². The zero-order valence-electron chi connectivity index (χ0n) is 20.5. The molecule has 0 aromatic heterocycles. The van der Waals surface area contributed by atoms with Gasteiger partial charge in [0.15, 0.2) is 34.5 Å². The van der Waals surface area contributed by atoms with Crippen LogP contribution in [0.2, 0.25) is 0 Å². The third-order valence-corrected chi connectivity index (χ3v) is 7.93. The standard InChI is InChI=1S/C29H29NO6/c1-31-25-8-7-19-21(12-18-15-33-23-5-3-4-6-24(23)36-18)28-20-13-27-26(34-16-35-27)11-17(20)9-10-30(28)14-22(19)29(25)32-2/h3-8,11,13,18,21,28H,9-10,12,14-16H2,1-2H3. The van der Waals surface area contributed by atoms with Crippen molar-refractivity contribution >= 4 is 0 Å². The Morgan fingerprint density at radius 2 is 1.72 bits per heavy atom. The number of nitrogens with zero attached hydrogens (tertiary/aromatic N) is 1. The van der Waals surface area contributed by atoms with Gasteiger partial charge in [0.1, 0.15) is 12.7 Å². The van der Waals surface area contributed by atoms with E-state index >= 15 is 0 Å². The first-order valence-corrected chi connectivity index (χ1v) is 12.5. The van der Waals surface area contributed by atoms with Gasteiger partial charge in [0, 0.05) is 30.6 Å². The van der Waals surface area contributed by atoms with Crippen LogP contribution in [0.3, 0.4) is 0 Å². The second-order valence-corrected chi connectivity index (χ2v) is 9.78. The van der Waals surface area contributed by atoms with E-state index in [4.69, 9.17) is 28.4 Å². The summed E-state index contributed by atoms with van der Waals surface area (Å²) < 4.78 is 35.6. The molecule has 3 aromatic carbocycles. The minimum Gasteiger partial charge on any atom is -0.493 e. The molecule has 186 valence electrons. The minimum atomic E-state index is -0.0646. The summed E-state index contributed by atoms with van der Waals surface area (Å²) in [5.74, 6) is 5.05. The van der Waals surface area contributed by atoms with Crippen LogP contribution in [0, 0.1) is 0 Å². The largest absolute Gasteiger partial charge is 0.493 e. The normalized spacial score (nSPS) is 23.3. The van der Waals surface area contributed by atoms with Gasteiger partial charge in [-0.25, -0.2) is 0 Å². The lowest BCUT2D eigenvalue weighted by Gasteiger charge is -2.47. The summed E-state index contributed by atoms with van der Waals surface area (Å²) in [6.07, 6.45) is 1.71. The number of methoxy groups -OCH3 is 2. The molecular formula is C29H29NO6. The molecule has 7 nitrogen and oxygen atoms in total. The molecule has 0 aliphatic carbocycles. The van der Waals surface area contributed by atoms with Crippen LogP contribution in [-0.4, -0.2) is 45.2 Å². The number of ether oxygens (including phenoxy) is 6. The van der Waals surface area contributed by atoms with Crippen molar-refractivity contribution in [2.45, 2.75) is 37.5 Å². The van der Waals surface area contributed by atoms with E-state index in [1.807, 2.05) is 30.3 Å². The summed E-state index contributed by atoms with van der Waals surface area (Å²) in [4.78, 5) is 2.57. The Balaban J connectivity index is 1.32. The van der Waals surface area contributed by atoms with Gasteiger partial charge in [-0.15, -0.1) is 0 Å². The van der Waals surface area contributed by atoms with E-state index in [1.54, 1.807) is 14.2 Å². The van der Waals surface area contributed by atoms with Gasteiger partial charge in [-0.2, -0.15) is 0 Å². The van der Waals surface area contributed by atoms with Gasteiger partial charge < -0.3 is 28.4 Å². The molecule has 3 aromatic rings. The molecule has 3 atom stereocenters. The number of rotatable bonds is 4. The third kappa shape index (κ3) is 3.37. The van der Waals surface area contributed by atoms with Crippen LogP contribution >= 0.6 is 0 Å². The van der Waals surface area contributed by atoms with E-state index in [0.717, 1.165) is 60.4 Å². The van der Waals surface area contributed by atoms with E-state index < -0.39 is 0 Å². The first kappa shape index (κ1) is 21.7. The molecule has 4 aliphatic heterocycles. The zero-order valence-corrected chi connectivity index (χ0v) is 20.5. The molecule has 0 amide bonds. The molecule has 7 heteroatoms. The van der Waals surface area contributed by atoms with E-state index in [-0.39, 0.29) is 24.9 Å². The van der Waals surface area contributed by atoms with Crippen LogP contribution in [0.4, 0.5) is 0 Å². The SMILES string of the molecule is COc1ccc2c(c1OC)CN1CCc3cc4c(cc3C1C2CC1COc2ccccc2O1)OCO4. The van der Waals surface area contributed by atoms with Crippen molar-refractivity contribution in [3.05, 3.63) is 70.8 Å². The molecule has 3 unspecified atom stereocenters. The van der Waals surface area contributed by atoms with Crippen molar-refractivity contribution < 1.29 is 28.4 Å². The van der Waals surface area contributed by atoms with Gasteiger partial charge in [0.25, 0.3) is 0 Å². The molecule has 4 heterocycles. The fourth-order valence-corrected chi connectivity index (χ4v) is 6.35. The maximum atomic E-state index is 6.45. The Bertz CT molecular complexity index is 1320. The Hall–Kier alpha value is -3.58. The molecular weight excluding hydrogens is 458 g/mol. The fourth-order valence-electron chi connectivity index (χ4n) is 6.35. The molecule has 0 spiro atoms. The monoisotopic (exact) mass is 487 g/mol. The molecule has 7 rings (SSSR count). The highest BCUT2D eigenvalue weighted by Gasteiger charge is 2.43. The highest BCUT2D eigenvalue weighted by molar-refractivity contribution is 5.56. The lowest BCUT2D eigenvalue weighted by atomic mass is 9.74. The fraction of sp³-hybridized carbons (Fsp3) is 0.379. The number of para-hydroxylation sites is 2. The molecule has 36 heavy (non-hydrogen) atoms. The lowest BCUT2D eigenvalue weighted by Crippen LogP contribution is -2.44. The van der Waals surface area contributed by atoms with Gasteiger partial charge >= 0.3 is 0 Å². The van der Waals surface area contributed by atoms with E-state index in [1.165, 1.54) is 22.3 Å². The molecule has 0 saturated carbocycles. The Morgan fingerprint density at radius 3 is 2.56 bits per heavy atom. The van der Waals surface area contributed by atoms with Crippen LogP contribution < -0.4 is 28.4 Å². The highest BCUT2D eigenvalue weighted by atomic mass is 16.7. The van der Waals surface area contributed by atoms with Crippen molar-refractivity contribution in [2.24, 2.45) is 0 Å². The average molecular weight is 488 g/mol. The third-order valence-electron chi connectivity index (χ3n) is 7.93. The summed E-state index contributed by atoms with van der Waals surface area (Å²) >= 11 is 0. The van der Waals surface area contributed by atoms with Crippen molar-refractivity contribution in [1.29, 1.82) is 0 Å². The van der Waals surface area contributed by atoms with Crippen LogP contribution in [0.15, 0.2) is 48.5 Å². The second kappa shape index (κ2) is 8.52. The maximum absolute atomic E-state index is 6.45. The number of fused-ring (bicyclic) bond motifs is 6.